The number of aliphatic hydroxyl groups excluding tert-OH is 14. The Morgan fingerprint density at radius 1 is 0.233 bits per heavy atom. The van der Waals surface area contributed by atoms with Gasteiger partial charge in [-0.1, -0.05) is 0 Å². The van der Waals surface area contributed by atoms with Gasteiger partial charge in [0.1, 0.15) is 110 Å². The lowest BCUT2D eigenvalue weighted by molar-refractivity contribution is -0.386. The number of aliphatic carboxylic acids is 6. The van der Waals surface area contributed by atoms with Gasteiger partial charge in [0, 0.05) is 0 Å². The molecule has 12 unspecified atom stereocenters. The lowest BCUT2D eigenvalue weighted by Crippen LogP contribution is -2.69. The van der Waals surface area contributed by atoms with Crippen molar-refractivity contribution in [3.05, 3.63) is 0 Å². The molecule has 20 N–H and O–H groups in total. The van der Waals surface area contributed by atoms with Crippen molar-refractivity contribution in [2.24, 2.45) is 0 Å². The maximum absolute atomic E-state index is 12.5. The molecule has 0 bridgehead atoms. The third kappa shape index (κ3) is 11.5. The second-order valence-corrected chi connectivity index (χ2v) is 17.0. The van der Waals surface area contributed by atoms with Crippen molar-refractivity contribution in [3.8, 4) is 0 Å². The second-order valence-electron chi connectivity index (χ2n) is 17.0. The van der Waals surface area contributed by atoms with Gasteiger partial charge in [-0.2, -0.15) is 0 Å². The molecule has 416 valence electrons. The van der Waals surface area contributed by atoms with Crippen LogP contribution in [0.1, 0.15) is 0 Å². The summed E-state index contributed by atoms with van der Waals surface area (Å²) in [6.07, 6.45) is -73.7. The Bertz CT molecular complexity index is 1990. The minimum atomic E-state index is -2.64. The first kappa shape index (κ1) is 58.1. The standard InChI is InChI=1S/C36H50O37/c37-1-2(38)19(25(50)51)69-32(9(1)45)65-15-4(40)11(47)34(71-21(15)27(54)55)67-17-6(42)13(49)36(73-23(17)29(58)59)68-18-7(43)12(48)35(72-24(18)30(60)61)66-16-5(41)10(46)33(70-22(16)28(56)57)64-14-3(39)8(44)31(62)63-20(14)26(52)53/h1-24,31-49,62H,(H,50,51)(H,52,53)(H,54,55)(H,56,57)(H,58,59)(H,60,61)/t1?,2-,3?,4+,5+,6+,7+,8?,9?,10?,11?,12?,13?,14-,15-,16-,17-,18-,19+,20+,21?,22?,23?,24?,31+,32+,33+,34-,35-,36-/m0/s1. The molecule has 0 aromatic carbocycles. The predicted molar refractivity (Wildman–Crippen MR) is 202 cm³/mol. The smallest absolute Gasteiger partial charge is 0.335 e. The monoisotopic (exact) mass is 1070 g/mol. The van der Waals surface area contributed by atoms with E-state index in [1.165, 1.54) is 0 Å². The van der Waals surface area contributed by atoms with E-state index in [4.69, 9.17) is 47.4 Å². The summed E-state index contributed by atoms with van der Waals surface area (Å²) in [5.41, 5.74) is 0. The number of hydrogen-bond acceptors (Lipinski definition) is 31. The fourth-order valence-electron chi connectivity index (χ4n) is 8.34. The molecule has 0 aromatic rings. The minimum absolute atomic E-state index is 1.90. The lowest BCUT2D eigenvalue weighted by Gasteiger charge is -2.48. The molecule has 30 atom stereocenters. The zero-order valence-electron chi connectivity index (χ0n) is 36.2. The third-order valence-electron chi connectivity index (χ3n) is 12.2. The van der Waals surface area contributed by atoms with Crippen LogP contribution in [0.15, 0.2) is 0 Å². The second kappa shape index (κ2) is 23.0. The Morgan fingerprint density at radius 2 is 0.425 bits per heavy atom. The van der Waals surface area contributed by atoms with Gasteiger partial charge < -0.3 is 154 Å². The van der Waals surface area contributed by atoms with Crippen LogP contribution in [-0.4, -0.2) is 322 Å². The summed E-state index contributed by atoms with van der Waals surface area (Å²) in [4.78, 5) is 72.8. The summed E-state index contributed by atoms with van der Waals surface area (Å²) in [7, 11) is 0. The molecular formula is C36H50O37. The highest BCUT2D eigenvalue weighted by Gasteiger charge is 2.60. The molecule has 6 aliphatic heterocycles. The maximum atomic E-state index is 12.5. The van der Waals surface area contributed by atoms with Crippen LogP contribution in [0, 0.1) is 0 Å². The Morgan fingerprint density at radius 3 is 0.658 bits per heavy atom. The Balaban J connectivity index is 1.13. The average molecular weight is 1070 g/mol. The van der Waals surface area contributed by atoms with Crippen LogP contribution in [-0.2, 0) is 80.9 Å². The van der Waals surface area contributed by atoms with Crippen LogP contribution >= 0.6 is 0 Å². The molecule has 0 saturated carbocycles. The molecule has 37 heteroatoms. The Kier molecular flexibility index (Phi) is 18.3. The topological polar surface area (TPSA) is 609 Å². The molecule has 0 aromatic heterocycles. The van der Waals surface area contributed by atoms with Gasteiger partial charge in [0.2, 0.25) is 0 Å². The van der Waals surface area contributed by atoms with Gasteiger partial charge in [0.25, 0.3) is 0 Å². The van der Waals surface area contributed by atoms with E-state index < -0.39 is 220 Å². The van der Waals surface area contributed by atoms with Crippen molar-refractivity contribution in [3.63, 3.8) is 0 Å². The molecule has 0 aliphatic carbocycles. The molecule has 6 fully saturated rings. The molecule has 0 radical (unpaired) electrons. The van der Waals surface area contributed by atoms with Crippen molar-refractivity contribution in [1.82, 2.24) is 0 Å². The average Bonchev–Trinajstić information content (AvgIpc) is 3.31. The van der Waals surface area contributed by atoms with Gasteiger partial charge in [-0.3, -0.25) is 0 Å². The molecule has 73 heavy (non-hydrogen) atoms. The summed E-state index contributed by atoms with van der Waals surface area (Å²) in [6.45, 7) is 0. The van der Waals surface area contributed by atoms with Crippen molar-refractivity contribution in [2.45, 2.75) is 184 Å². The minimum Gasteiger partial charge on any atom is -0.479 e. The summed E-state index contributed by atoms with van der Waals surface area (Å²) >= 11 is 0. The number of rotatable bonds is 16. The molecule has 0 amide bonds. The fraction of sp³-hybridized carbons (Fsp3) is 0.833. The van der Waals surface area contributed by atoms with E-state index >= 15 is 0 Å². The SMILES string of the molecule is O=C(O)C1O[C@H](O[C@@H]2C(C(=O)O)O[C@H](O[C@@H]3C(C(=O)O)O[C@H](O[C@@H]4C(C(=O)O)O[C@@H](O[C@H]5C(O)C(O)[C@H](O)O[C@H]5C(=O)O)C(O)[C@H]4O)C(O)[C@H]3O)C(O)[C@H]2O)C(O)[C@@H](O)[C@@H]1O[C@@H]1O[C@@H](C(=O)O)[C@@H](O)C(O)C1O. The van der Waals surface area contributed by atoms with E-state index in [1.807, 2.05) is 0 Å². The van der Waals surface area contributed by atoms with Gasteiger partial charge in [-0.05, 0) is 0 Å². The summed E-state index contributed by atoms with van der Waals surface area (Å²) in [6, 6.07) is 0. The quantitative estimate of drug-likeness (QED) is 0.0682. The van der Waals surface area contributed by atoms with Gasteiger partial charge in [-0.25, -0.2) is 28.8 Å². The van der Waals surface area contributed by atoms with Crippen LogP contribution in [0.25, 0.3) is 0 Å². The molecule has 37 nitrogen and oxygen atoms in total. The van der Waals surface area contributed by atoms with Gasteiger partial charge >= 0.3 is 35.8 Å². The molecule has 6 saturated heterocycles. The van der Waals surface area contributed by atoms with E-state index in [0.29, 0.717) is 0 Å². The van der Waals surface area contributed by atoms with Crippen molar-refractivity contribution < 1.29 is 183 Å². The van der Waals surface area contributed by atoms with Gasteiger partial charge in [0.05, 0.1) is 0 Å². The summed E-state index contributed by atoms with van der Waals surface area (Å²) in [5, 5.41) is 207. The normalized spacial score (nSPS) is 49.6. The molecule has 6 heterocycles. The van der Waals surface area contributed by atoms with E-state index in [9.17, 15) is 131 Å². The number of carboxylic acid groups (broad SMARTS) is 6. The highest BCUT2D eigenvalue weighted by atomic mass is 16.8. The maximum Gasteiger partial charge on any atom is 0.335 e. The zero-order chi connectivity index (χ0) is 54.6. The Hall–Kier alpha value is -4.18. The lowest BCUT2D eigenvalue weighted by atomic mass is 9.95. The summed E-state index contributed by atoms with van der Waals surface area (Å²) in [5.74, 6) is -12.2. The van der Waals surface area contributed by atoms with E-state index in [-0.39, 0.29) is 0 Å². The highest BCUT2D eigenvalue weighted by molar-refractivity contribution is 5.76. The first-order chi connectivity index (χ1) is 34.0. The van der Waals surface area contributed by atoms with Crippen molar-refractivity contribution >= 4 is 35.8 Å². The van der Waals surface area contributed by atoms with Gasteiger partial charge in [0.15, 0.2) is 74.4 Å². The van der Waals surface area contributed by atoms with Crippen molar-refractivity contribution in [1.29, 1.82) is 0 Å². The van der Waals surface area contributed by atoms with E-state index in [0.717, 1.165) is 0 Å². The first-order valence-corrected chi connectivity index (χ1v) is 21.1. The largest absolute Gasteiger partial charge is 0.479 e. The third-order valence-corrected chi connectivity index (χ3v) is 12.2. The molecule has 6 aliphatic rings. The van der Waals surface area contributed by atoms with Crippen LogP contribution in [0.2, 0.25) is 0 Å². The van der Waals surface area contributed by atoms with E-state index in [2.05, 4.69) is 4.74 Å². The summed E-state index contributed by atoms with van der Waals surface area (Å²) < 4.78 is 56.5. The number of ether oxygens (including phenoxy) is 11. The number of hydrogen-bond donors (Lipinski definition) is 20. The first-order valence-electron chi connectivity index (χ1n) is 21.1. The zero-order valence-corrected chi connectivity index (χ0v) is 36.2. The number of carbonyl (C=O) groups is 6. The highest BCUT2D eigenvalue weighted by Crippen LogP contribution is 2.37. The Labute approximate surface area is 403 Å². The predicted octanol–water partition coefficient (Wildman–Crippen LogP) is -13.5. The number of carboxylic acids is 6. The van der Waals surface area contributed by atoms with Gasteiger partial charge in [-0.15, -0.1) is 0 Å². The van der Waals surface area contributed by atoms with Crippen LogP contribution in [0.5, 0.6) is 0 Å². The number of aliphatic hydroxyl groups is 14. The fourth-order valence-corrected chi connectivity index (χ4v) is 8.34. The molecule has 6 rings (SSSR count). The van der Waals surface area contributed by atoms with Crippen LogP contribution in [0.4, 0.5) is 0 Å². The van der Waals surface area contributed by atoms with Crippen LogP contribution in [0.3, 0.4) is 0 Å². The molecular weight excluding hydrogens is 1020 g/mol. The van der Waals surface area contributed by atoms with Crippen molar-refractivity contribution in [2.75, 3.05) is 0 Å². The van der Waals surface area contributed by atoms with E-state index in [1.54, 1.807) is 0 Å². The van der Waals surface area contributed by atoms with Crippen LogP contribution < -0.4 is 0 Å². The molecule has 0 spiro atoms.